The van der Waals surface area contributed by atoms with Crippen LogP contribution in [0.4, 0.5) is 0 Å². The Kier molecular flexibility index (Phi) is 4.03. The minimum Gasteiger partial charge on any atom is -0.477 e. The van der Waals surface area contributed by atoms with Gasteiger partial charge in [0.05, 0.1) is 6.33 Å². The van der Waals surface area contributed by atoms with E-state index in [2.05, 4.69) is 36.1 Å². The molecule has 19 heavy (non-hydrogen) atoms. The number of carboxylic acid groups (broad SMARTS) is 1. The Bertz CT molecular complexity index is 484. The Balaban J connectivity index is 2.85. The van der Waals surface area contributed by atoms with Crippen molar-refractivity contribution in [3.63, 3.8) is 0 Å². The summed E-state index contributed by atoms with van der Waals surface area (Å²) in [5, 5.41) is 11.8. The number of hydrogen-bond donors (Lipinski definition) is 3. The number of aromatic nitrogens is 2. The topological polar surface area (TPSA) is 95.1 Å². The van der Waals surface area contributed by atoms with Crippen molar-refractivity contribution >= 4 is 11.9 Å². The van der Waals surface area contributed by atoms with Crippen LogP contribution in [-0.2, 0) is 0 Å². The number of aromatic amines is 1. The number of hydrogen-bond acceptors (Lipinski definition) is 3. The molecule has 1 heterocycles. The summed E-state index contributed by atoms with van der Waals surface area (Å²) in [7, 11) is 0. The molecule has 0 aromatic carbocycles. The molecule has 1 amide bonds. The van der Waals surface area contributed by atoms with Crippen LogP contribution in [-0.4, -0.2) is 32.5 Å². The van der Waals surface area contributed by atoms with E-state index in [9.17, 15) is 9.59 Å². The number of carbonyl (C=O) groups excluding carboxylic acids is 1. The fraction of sp³-hybridized carbons (Fsp3) is 0.615. The second-order valence-corrected chi connectivity index (χ2v) is 6.51. The molecule has 0 atom stereocenters. The van der Waals surface area contributed by atoms with Crippen LogP contribution in [0.25, 0.3) is 0 Å². The summed E-state index contributed by atoms with van der Waals surface area (Å²) >= 11 is 0. The molecule has 0 fully saturated rings. The van der Waals surface area contributed by atoms with Gasteiger partial charge in [-0.25, -0.2) is 9.78 Å². The van der Waals surface area contributed by atoms with E-state index in [0.29, 0.717) is 0 Å². The third kappa shape index (κ3) is 4.39. The fourth-order valence-electron chi connectivity index (χ4n) is 2.37. The number of nitrogens with one attached hydrogen (secondary N) is 2. The van der Waals surface area contributed by atoms with Gasteiger partial charge in [-0.15, -0.1) is 0 Å². The highest BCUT2D eigenvalue weighted by Crippen LogP contribution is 2.27. The molecule has 0 radical (unpaired) electrons. The number of rotatable bonds is 4. The van der Waals surface area contributed by atoms with Crippen LogP contribution < -0.4 is 5.32 Å². The highest BCUT2D eigenvalue weighted by molar-refractivity contribution is 6.02. The minimum atomic E-state index is -1.20. The zero-order valence-corrected chi connectivity index (χ0v) is 12.0. The summed E-state index contributed by atoms with van der Waals surface area (Å²) in [4.78, 5) is 29.2. The van der Waals surface area contributed by atoms with E-state index in [0.717, 1.165) is 6.42 Å². The Morgan fingerprint density at radius 1 is 1.32 bits per heavy atom. The standard InChI is InChI=1S/C13H21N3O3/c1-12(2,3)6-13(4,5)16-10(17)8-9(11(18)19)15-7-14-8/h7H,6H2,1-5H3,(H,14,15)(H,16,17)(H,18,19). The van der Waals surface area contributed by atoms with Crippen molar-refractivity contribution in [3.8, 4) is 0 Å². The number of carbonyl (C=O) groups is 2. The monoisotopic (exact) mass is 267 g/mol. The molecule has 0 bridgehead atoms. The van der Waals surface area contributed by atoms with Crippen molar-refractivity contribution < 1.29 is 14.7 Å². The summed E-state index contributed by atoms with van der Waals surface area (Å²) in [6, 6.07) is 0. The molecule has 1 aromatic heterocycles. The molecule has 1 rings (SSSR count). The van der Waals surface area contributed by atoms with Crippen LogP contribution in [0.15, 0.2) is 6.33 Å². The van der Waals surface area contributed by atoms with Crippen molar-refractivity contribution in [2.45, 2.75) is 46.6 Å². The summed E-state index contributed by atoms with van der Waals surface area (Å²) in [5.74, 6) is -1.68. The normalized spacial score (nSPS) is 12.3. The van der Waals surface area contributed by atoms with Crippen LogP contribution in [0, 0.1) is 5.41 Å². The first-order chi connectivity index (χ1) is 8.52. The van der Waals surface area contributed by atoms with Gasteiger partial charge in [-0.1, -0.05) is 20.8 Å². The second-order valence-electron chi connectivity index (χ2n) is 6.51. The molecule has 0 aliphatic carbocycles. The smallest absolute Gasteiger partial charge is 0.354 e. The van der Waals surface area contributed by atoms with Crippen LogP contribution in [0.3, 0.4) is 0 Å². The zero-order valence-electron chi connectivity index (χ0n) is 12.0. The Morgan fingerprint density at radius 3 is 2.37 bits per heavy atom. The fourth-order valence-corrected chi connectivity index (χ4v) is 2.37. The predicted octanol–water partition coefficient (Wildman–Crippen LogP) is 2.05. The second kappa shape index (κ2) is 5.03. The highest BCUT2D eigenvalue weighted by Gasteiger charge is 2.29. The lowest BCUT2D eigenvalue weighted by Crippen LogP contribution is -2.46. The lowest BCUT2D eigenvalue weighted by Gasteiger charge is -2.33. The highest BCUT2D eigenvalue weighted by atomic mass is 16.4. The van der Waals surface area contributed by atoms with Crippen LogP contribution >= 0.6 is 0 Å². The first-order valence-electron chi connectivity index (χ1n) is 6.11. The Hall–Kier alpha value is -1.85. The van der Waals surface area contributed by atoms with Gasteiger partial charge in [0.1, 0.15) is 0 Å². The molecule has 106 valence electrons. The first kappa shape index (κ1) is 15.2. The molecule has 6 heteroatoms. The van der Waals surface area contributed by atoms with Crippen LogP contribution in [0.2, 0.25) is 0 Å². The molecule has 0 saturated heterocycles. The van der Waals surface area contributed by atoms with Crippen molar-refractivity contribution in [1.29, 1.82) is 0 Å². The largest absolute Gasteiger partial charge is 0.477 e. The zero-order chi connectivity index (χ0) is 14.8. The number of nitrogens with zero attached hydrogens (tertiary/aromatic N) is 1. The van der Waals surface area contributed by atoms with Gasteiger partial charge < -0.3 is 15.4 Å². The third-order valence-corrected chi connectivity index (χ3v) is 2.49. The number of H-pyrrole nitrogens is 1. The Morgan fingerprint density at radius 2 is 1.89 bits per heavy atom. The van der Waals surface area contributed by atoms with Gasteiger partial charge in [-0.2, -0.15) is 0 Å². The van der Waals surface area contributed by atoms with E-state index in [1.807, 2.05) is 13.8 Å². The molecule has 0 aliphatic rings. The minimum absolute atomic E-state index is 0.0536. The average Bonchev–Trinajstić information content (AvgIpc) is 2.59. The van der Waals surface area contributed by atoms with Gasteiger partial charge in [0.2, 0.25) is 0 Å². The molecule has 0 unspecified atom stereocenters. The number of imidazole rings is 1. The molecule has 0 spiro atoms. The van der Waals surface area contributed by atoms with Crippen LogP contribution in [0.1, 0.15) is 62.0 Å². The average molecular weight is 267 g/mol. The lowest BCUT2D eigenvalue weighted by molar-refractivity contribution is 0.0682. The van der Waals surface area contributed by atoms with E-state index in [4.69, 9.17) is 5.11 Å². The van der Waals surface area contributed by atoms with Crippen LogP contribution in [0.5, 0.6) is 0 Å². The van der Waals surface area contributed by atoms with Crippen molar-refractivity contribution in [1.82, 2.24) is 15.3 Å². The van der Waals surface area contributed by atoms with E-state index in [-0.39, 0.29) is 16.8 Å². The van der Waals surface area contributed by atoms with Crippen molar-refractivity contribution in [2.75, 3.05) is 0 Å². The molecule has 6 nitrogen and oxygen atoms in total. The van der Waals surface area contributed by atoms with E-state index in [1.54, 1.807) is 0 Å². The molecular formula is C13H21N3O3. The molecular weight excluding hydrogens is 246 g/mol. The van der Waals surface area contributed by atoms with Gasteiger partial charge in [-0.05, 0) is 25.7 Å². The maximum Gasteiger partial charge on any atom is 0.354 e. The van der Waals surface area contributed by atoms with E-state index >= 15 is 0 Å². The summed E-state index contributed by atoms with van der Waals surface area (Å²) in [6.45, 7) is 10.1. The third-order valence-electron chi connectivity index (χ3n) is 2.49. The molecule has 0 aliphatic heterocycles. The van der Waals surface area contributed by atoms with Crippen molar-refractivity contribution in [3.05, 3.63) is 17.7 Å². The van der Waals surface area contributed by atoms with Gasteiger partial charge in [-0.3, -0.25) is 4.79 Å². The number of aromatic carboxylic acids is 1. The van der Waals surface area contributed by atoms with Gasteiger partial charge in [0.15, 0.2) is 11.4 Å². The number of amides is 1. The molecule has 1 aromatic rings. The lowest BCUT2D eigenvalue weighted by atomic mass is 9.82. The van der Waals surface area contributed by atoms with Gasteiger partial charge in [0, 0.05) is 5.54 Å². The number of carboxylic acids is 1. The predicted molar refractivity (Wildman–Crippen MR) is 71.2 cm³/mol. The maximum absolute atomic E-state index is 12.1. The first-order valence-corrected chi connectivity index (χ1v) is 6.11. The summed E-state index contributed by atoms with van der Waals surface area (Å²) in [6.07, 6.45) is 1.97. The SMILES string of the molecule is CC(C)(C)CC(C)(C)NC(=O)c1nc[nH]c1C(=O)O. The van der Waals surface area contributed by atoms with Crippen molar-refractivity contribution in [2.24, 2.45) is 5.41 Å². The Labute approximate surface area is 112 Å². The summed E-state index contributed by atoms with van der Waals surface area (Å²) < 4.78 is 0. The van der Waals surface area contributed by atoms with Gasteiger partial charge >= 0.3 is 5.97 Å². The van der Waals surface area contributed by atoms with E-state index in [1.165, 1.54) is 6.33 Å². The summed E-state index contributed by atoms with van der Waals surface area (Å²) in [5.41, 5.74) is -0.666. The molecule has 3 N–H and O–H groups in total. The maximum atomic E-state index is 12.1. The van der Waals surface area contributed by atoms with Gasteiger partial charge in [0.25, 0.3) is 5.91 Å². The quantitative estimate of drug-likeness (QED) is 0.778. The molecule has 0 saturated carbocycles. The van der Waals surface area contributed by atoms with E-state index < -0.39 is 17.4 Å².